The maximum absolute atomic E-state index is 10.7. The van der Waals surface area contributed by atoms with Crippen LogP contribution in [0.3, 0.4) is 0 Å². The monoisotopic (exact) mass is 620 g/mol. The summed E-state index contributed by atoms with van der Waals surface area (Å²) in [5.74, 6) is 7.53. The first kappa shape index (κ1) is 37.2. The third-order valence-corrected chi connectivity index (χ3v) is 9.36. The van der Waals surface area contributed by atoms with Crippen LogP contribution in [-0.4, -0.2) is 16.0 Å². The van der Waals surface area contributed by atoms with Crippen LogP contribution in [0.1, 0.15) is 82.6 Å². The normalized spacial score (nSPS) is 22.8. The molecule has 2 aliphatic rings. The summed E-state index contributed by atoms with van der Waals surface area (Å²) in [7, 11) is -10.7. The molecule has 2 rings (SSSR count). The van der Waals surface area contributed by atoms with Crippen LogP contribution >= 0.6 is 15.7 Å². The first-order chi connectivity index (χ1) is 14.3. The number of halogens is 6. The van der Waals surface area contributed by atoms with Crippen LogP contribution in [0, 0.1) is 61.7 Å². The van der Waals surface area contributed by atoms with Gasteiger partial charge in [-0.2, -0.15) is 0 Å². The van der Waals surface area contributed by atoms with Crippen molar-refractivity contribution in [1.82, 2.24) is 0 Å². The molecule has 0 aromatic rings. The molecule has 203 valence electrons. The third-order valence-electron chi connectivity index (χ3n) is 5.53. The fourth-order valence-electron chi connectivity index (χ4n) is 4.38. The summed E-state index contributed by atoms with van der Waals surface area (Å²) in [6.07, 6.45) is 12.4. The predicted molar refractivity (Wildman–Crippen MR) is 134 cm³/mol. The maximum atomic E-state index is 9.87. The minimum Gasteiger partial charge on any atom is 0 e. The van der Waals surface area contributed by atoms with Gasteiger partial charge >= 0.3 is 33.0 Å². The van der Waals surface area contributed by atoms with Crippen molar-refractivity contribution in [3.63, 3.8) is 0 Å². The molecule has 2 fully saturated rings. The van der Waals surface area contributed by atoms with E-state index in [1.54, 1.807) is 5.92 Å². The average molecular weight is 620 g/mol. The number of hydrogen-bond acceptors (Lipinski definition) is 0. The van der Waals surface area contributed by atoms with Gasteiger partial charge in [0, 0.05) is 19.5 Å². The van der Waals surface area contributed by atoms with Gasteiger partial charge in [0.15, 0.2) is 0 Å². The Morgan fingerprint density at radius 1 is 0.676 bits per heavy atom. The Morgan fingerprint density at radius 2 is 0.971 bits per heavy atom. The standard InChI is InChI=1S/C14H24P.C11H17.F6P.Rh/c1-13(2,3)15(14(4,5)6)12-10-8-7-9-11-12;1-6-11-9(4)7(2)8(3)10(11)5;1-7(2,3,4,5)6;/h7-12H,1-6H3;6H2,1-5H3;;/q;;-1;. The number of rotatable bonds is 2. The molecule has 2 aliphatic carbocycles. The van der Waals surface area contributed by atoms with Crippen LogP contribution in [0.15, 0.2) is 0 Å². The maximum Gasteiger partial charge on any atom is 0 e. The second kappa shape index (κ2) is 12.3. The van der Waals surface area contributed by atoms with E-state index in [1.165, 1.54) is 30.1 Å². The average Bonchev–Trinajstić information content (AvgIpc) is 2.74. The van der Waals surface area contributed by atoms with E-state index in [-0.39, 0.29) is 27.4 Å². The van der Waals surface area contributed by atoms with Crippen molar-refractivity contribution >= 4 is 15.7 Å². The second-order valence-electron chi connectivity index (χ2n) is 10.5. The molecule has 0 aromatic heterocycles. The van der Waals surface area contributed by atoms with Crippen molar-refractivity contribution in [3.05, 3.63) is 61.7 Å². The molecule has 0 heterocycles. The van der Waals surface area contributed by atoms with Gasteiger partial charge < -0.3 is 0 Å². The van der Waals surface area contributed by atoms with Crippen LogP contribution < -0.4 is 0 Å². The minimum atomic E-state index is -10.7. The van der Waals surface area contributed by atoms with Gasteiger partial charge in [0.2, 0.25) is 0 Å². The zero-order valence-electron chi connectivity index (χ0n) is 22.2. The van der Waals surface area contributed by atoms with Crippen molar-refractivity contribution in [1.29, 1.82) is 0 Å². The molecule has 0 aromatic carbocycles. The molecule has 0 nitrogen and oxygen atoms in total. The van der Waals surface area contributed by atoms with Gasteiger partial charge in [-0.05, 0) is 84.1 Å². The molecule has 0 amide bonds. The van der Waals surface area contributed by atoms with E-state index in [4.69, 9.17) is 0 Å². The molecule has 9 heteroatoms. The van der Waals surface area contributed by atoms with Gasteiger partial charge in [-0.3, -0.25) is 0 Å². The van der Waals surface area contributed by atoms with Gasteiger partial charge in [-0.25, -0.2) is 0 Å². The molecular formula is C25H41F6P2Rh-. The molecule has 0 saturated heterocycles. The molecule has 0 spiro atoms. The van der Waals surface area contributed by atoms with Crippen molar-refractivity contribution in [2.75, 3.05) is 0 Å². The fraction of sp³-hybridized carbons (Fsp3) is 0.600. The van der Waals surface area contributed by atoms with Gasteiger partial charge in [-0.15, -0.1) is 0 Å². The molecule has 11 radical (unpaired) electrons. The van der Waals surface area contributed by atoms with E-state index in [9.17, 15) is 25.2 Å². The van der Waals surface area contributed by atoms with Gasteiger partial charge in [0.05, 0.1) is 0 Å². The molecule has 2 saturated carbocycles. The Hall–Kier alpha value is 1.06. The third kappa shape index (κ3) is 15.3. The van der Waals surface area contributed by atoms with Crippen LogP contribution in [0.25, 0.3) is 0 Å². The van der Waals surface area contributed by atoms with Crippen LogP contribution in [0.4, 0.5) is 25.2 Å². The Bertz CT molecular complexity index is 549. The first-order valence-corrected chi connectivity index (χ1v) is 14.5. The molecule has 0 unspecified atom stereocenters. The summed E-state index contributed by atoms with van der Waals surface area (Å²) >= 11 is 0. The van der Waals surface area contributed by atoms with Gasteiger partial charge in [0.1, 0.15) is 0 Å². The van der Waals surface area contributed by atoms with E-state index in [1.807, 2.05) is 0 Å². The fourth-order valence-corrected chi connectivity index (χ4v) is 8.73. The Kier molecular flexibility index (Phi) is 13.4. The van der Waals surface area contributed by atoms with E-state index in [2.05, 4.69) is 108 Å². The first-order valence-electron chi connectivity index (χ1n) is 11.0. The van der Waals surface area contributed by atoms with Crippen LogP contribution in [0.2, 0.25) is 0 Å². The molecule has 0 atom stereocenters. The van der Waals surface area contributed by atoms with Crippen molar-refractivity contribution < 1.29 is 44.7 Å². The van der Waals surface area contributed by atoms with Gasteiger partial charge in [0.25, 0.3) is 0 Å². The SMILES string of the molecule is CC(C)(C)P(C1[CH][CH][CH][CH][CH]1)C(C)(C)C.CC[C]1[C](C)[C](C)[C](C)[C]1C.F[P-](F)(F)(F)(F)F.[Rh]. The zero-order valence-corrected chi connectivity index (χ0v) is 25.6. The summed E-state index contributed by atoms with van der Waals surface area (Å²) < 4.78 is 59.2. The molecular weight excluding hydrogens is 579 g/mol. The largest absolute Gasteiger partial charge is 0 e. The number of hydrogen-bond donors (Lipinski definition) is 0. The van der Waals surface area contributed by atoms with Crippen molar-refractivity contribution in [2.24, 2.45) is 0 Å². The Labute approximate surface area is 220 Å². The smallest absolute Gasteiger partial charge is 0 e. The topological polar surface area (TPSA) is 0 Å². The van der Waals surface area contributed by atoms with E-state index < -0.39 is 7.81 Å². The summed E-state index contributed by atoms with van der Waals surface area (Å²) in [5.41, 5.74) is 0.644. The minimum absolute atomic E-state index is 0. The van der Waals surface area contributed by atoms with Crippen LogP contribution in [0.5, 0.6) is 0 Å². The van der Waals surface area contributed by atoms with Crippen molar-refractivity contribution in [3.8, 4) is 0 Å². The molecule has 0 aliphatic heterocycles. The molecule has 0 N–H and O–H groups in total. The van der Waals surface area contributed by atoms with Crippen LogP contribution in [-0.2, 0) is 19.5 Å². The summed E-state index contributed by atoms with van der Waals surface area (Å²) in [4.78, 5) is 0. The quantitative estimate of drug-likeness (QED) is 0.164. The van der Waals surface area contributed by atoms with E-state index in [0.717, 1.165) is 0 Å². The molecule has 0 bridgehead atoms. The van der Waals surface area contributed by atoms with E-state index in [0.29, 0.717) is 16.0 Å². The zero-order chi connectivity index (χ0) is 26.7. The van der Waals surface area contributed by atoms with Gasteiger partial charge in [-0.1, -0.05) is 84.1 Å². The predicted octanol–water partition coefficient (Wildman–Crippen LogP) is 11.2. The summed E-state index contributed by atoms with van der Waals surface area (Å²) in [6.45, 7) is 25.4. The second-order valence-corrected chi connectivity index (χ2v) is 16.4. The van der Waals surface area contributed by atoms with E-state index >= 15 is 0 Å². The Balaban J connectivity index is 0. The molecule has 34 heavy (non-hydrogen) atoms. The Morgan fingerprint density at radius 3 is 1.18 bits per heavy atom. The van der Waals surface area contributed by atoms with Crippen molar-refractivity contribution in [2.45, 2.75) is 98.6 Å². The summed E-state index contributed by atoms with van der Waals surface area (Å²) in [5, 5.41) is 0.814. The summed E-state index contributed by atoms with van der Waals surface area (Å²) in [6, 6.07) is 0.